The third-order valence-electron chi connectivity index (χ3n) is 4.10. The summed E-state index contributed by atoms with van der Waals surface area (Å²) in [6.07, 6.45) is 3.16. The molecule has 0 saturated carbocycles. The van der Waals surface area contributed by atoms with Crippen LogP contribution in [-0.4, -0.2) is 25.2 Å². The fourth-order valence-electron chi connectivity index (χ4n) is 2.64. The lowest BCUT2D eigenvalue weighted by atomic mass is 10.1. The topological polar surface area (TPSA) is 80.9 Å². The minimum atomic E-state index is -0.290. The molecule has 3 aromatic rings. The van der Waals surface area contributed by atoms with Crippen LogP contribution in [0, 0.1) is 0 Å². The van der Waals surface area contributed by atoms with Crippen molar-refractivity contribution in [2.24, 2.45) is 0 Å². The van der Waals surface area contributed by atoms with E-state index in [-0.39, 0.29) is 12.5 Å². The third-order valence-corrected chi connectivity index (χ3v) is 4.10. The van der Waals surface area contributed by atoms with Gasteiger partial charge in [-0.2, -0.15) is 0 Å². The number of methoxy groups -OCH3 is 2. The number of benzene rings is 2. The van der Waals surface area contributed by atoms with E-state index in [0.717, 1.165) is 16.9 Å². The van der Waals surface area contributed by atoms with Gasteiger partial charge in [0.05, 0.1) is 19.9 Å². The molecule has 0 bridgehead atoms. The Morgan fingerprint density at radius 2 is 1.86 bits per heavy atom. The average molecular weight is 379 g/mol. The zero-order chi connectivity index (χ0) is 19.9. The molecule has 0 aliphatic heterocycles. The first-order valence-electron chi connectivity index (χ1n) is 8.64. The zero-order valence-corrected chi connectivity index (χ0v) is 15.6. The van der Waals surface area contributed by atoms with Crippen molar-refractivity contribution < 1.29 is 23.8 Å². The van der Waals surface area contributed by atoms with Gasteiger partial charge in [0.15, 0.2) is 0 Å². The highest BCUT2D eigenvalue weighted by Crippen LogP contribution is 2.31. The number of carbonyl (C=O) groups is 1. The molecule has 0 radical (unpaired) electrons. The van der Waals surface area contributed by atoms with Crippen molar-refractivity contribution in [2.75, 3.05) is 19.5 Å². The molecule has 144 valence electrons. The first-order chi connectivity index (χ1) is 13.6. The Morgan fingerprint density at radius 3 is 2.50 bits per heavy atom. The number of carbonyl (C=O) groups excluding carboxylic acids is 1. The van der Waals surface area contributed by atoms with Crippen LogP contribution in [0.3, 0.4) is 0 Å². The fourth-order valence-corrected chi connectivity index (χ4v) is 2.64. The first kappa shape index (κ1) is 19.3. The van der Waals surface area contributed by atoms with E-state index >= 15 is 0 Å². The van der Waals surface area contributed by atoms with Crippen molar-refractivity contribution in [2.45, 2.75) is 6.61 Å². The maximum absolute atomic E-state index is 12.3. The molecule has 1 amide bonds. The van der Waals surface area contributed by atoms with Crippen LogP contribution in [0.5, 0.6) is 11.5 Å². The molecule has 2 N–H and O–H groups in total. The van der Waals surface area contributed by atoms with Crippen LogP contribution in [0.4, 0.5) is 5.69 Å². The first-order valence-corrected chi connectivity index (χ1v) is 8.64. The molecule has 0 spiro atoms. The van der Waals surface area contributed by atoms with E-state index < -0.39 is 0 Å². The van der Waals surface area contributed by atoms with Gasteiger partial charge in [-0.15, -0.1) is 0 Å². The van der Waals surface area contributed by atoms with Crippen molar-refractivity contribution in [3.8, 4) is 22.8 Å². The Balaban J connectivity index is 1.76. The molecule has 0 fully saturated rings. The zero-order valence-electron chi connectivity index (χ0n) is 15.6. The molecule has 1 aromatic heterocycles. The minimum absolute atomic E-state index is 0.171. The average Bonchev–Trinajstić information content (AvgIpc) is 3.22. The summed E-state index contributed by atoms with van der Waals surface area (Å²) >= 11 is 0. The predicted octanol–water partition coefficient (Wildman–Crippen LogP) is 4.11. The summed E-state index contributed by atoms with van der Waals surface area (Å²) < 4.78 is 16.0. The summed E-state index contributed by atoms with van der Waals surface area (Å²) in [6.45, 7) is -0.171. The van der Waals surface area contributed by atoms with E-state index in [4.69, 9.17) is 19.0 Å². The highest BCUT2D eigenvalue weighted by Gasteiger charge is 2.10. The largest absolute Gasteiger partial charge is 0.497 e. The van der Waals surface area contributed by atoms with Crippen LogP contribution in [0.2, 0.25) is 0 Å². The Hall–Kier alpha value is -3.51. The van der Waals surface area contributed by atoms with Crippen LogP contribution >= 0.6 is 0 Å². The minimum Gasteiger partial charge on any atom is -0.497 e. The van der Waals surface area contributed by atoms with Gasteiger partial charge in [-0.3, -0.25) is 4.79 Å². The number of nitrogens with one attached hydrogen (secondary N) is 1. The maximum atomic E-state index is 12.3. The molecule has 0 unspecified atom stereocenters. The highest BCUT2D eigenvalue weighted by atomic mass is 16.5. The Morgan fingerprint density at radius 1 is 1.07 bits per heavy atom. The van der Waals surface area contributed by atoms with Gasteiger partial charge in [-0.25, -0.2) is 0 Å². The lowest BCUT2D eigenvalue weighted by Gasteiger charge is -2.10. The molecule has 3 rings (SSSR count). The number of hydrogen-bond acceptors (Lipinski definition) is 5. The van der Waals surface area contributed by atoms with Gasteiger partial charge in [0.25, 0.3) is 0 Å². The number of amides is 1. The summed E-state index contributed by atoms with van der Waals surface area (Å²) in [5.74, 6) is 2.06. The number of furan rings is 1. The van der Waals surface area contributed by atoms with Gasteiger partial charge in [-0.1, -0.05) is 12.1 Å². The van der Waals surface area contributed by atoms with E-state index in [1.165, 1.54) is 13.2 Å². The standard InChI is InChI=1S/C22H21NO5/c1-26-17-7-3-15(4-8-17)5-12-22(25)23-19-13-16(6-10-21(19)27-2)20-11-9-18(14-24)28-20/h3-13,24H,14H2,1-2H3,(H,23,25)/b12-5+. The second kappa shape index (κ2) is 8.92. The number of rotatable bonds is 7. The number of ether oxygens (including phenoxy) is 2. The monoisotopic (exact) mass is 379 g/mol. The molecule has 0 saturated heterocycles. The molecule has 6 nitrogen and oxygen atoms in total. The molecule has 0 aliphatic carbocycles. The fraction of sp³-hybridized carbons (Fsp3) is 0.136. The molecule has 0 atom stereocenters. The molecular weight excluding hydrogens is 358 g/mol. The normalized spacial score (nSPS) is 10.8. The van der Waals surface area contributed by atoms with Crippen LogP contribution in [0.25, 0.3) is 17.4 Å². The van der Waals surface area contributed by atoms with Crippen LogP contribution in [0.15, 0.2) is 65.1 Å². The van der Waals surface area contributed by atoms with E-state index in [1.54, 1.807) is 37.5 Å². The van der Waals surface area contributed by atoms with E-state index in [2.05, 4.69) is 5.32 Å². The van der Waals surface area contributed by atoms with E-state index in [0.29, 0.717) is 23.0 Å². The van der Waals surface area contributed by atoms with Crippen molar-refractivity contribution in [3.05, 3.63) is 72.0 Å². The smallest absolute Gasteiger partial charge is 0.248 e. The Bertz CT molecular complexity index is 973. The van der Waals surface area contributed by atoms with Crippen LogP contribution < -0.4 is 14.8 Å². The lowest BCUT2D eigenvalue weighted by molar-refractivity contribution is -0.111. The lowest BCUT2D eigenvalue weighted by Crippen LogP contribution is -2.09. The molecule has 6 heteroatoms. The summed E-state index contributed by atoms with van der Waals surface area (Å²) in [5, 5.41) is 12.0. The van der Waals surface area contributed by atoms with Crippen molar-refractivity contribution >= 4 is 17.7 Å². The molecule has 1 heterocycles. The second-order valence-corrected chi connectivity index (χ2v) is 5.93. The summed E-state index contributed by atoms with van der Waals surface area (Å²) in [7, 11) is 3.14. The van der Waals surface area contributed by atoms with Gasteiger partial charge in [-0.05, 0) is 54.1 Å². The van der Waals surface area contributed by atoms with E-state index in [9.17, 15) is 4.79 Å². The third kappa shape index (κ3) is 4.61. The molecule has 2 aromatic carbocycles. The van der Waals surface area contributed by atoms with Gasteiger partial charge < -0.3 is 24.3 Å². The molecule has 28 heavy (non-hydrogen) atoms. The number of anilines is 1. The van der Waals surface area contributed by atoms with Crippen LogP contribution in [-0.2, 0) is 11.4 Å². The predicted molar refractivity (Wildman–Crippen MR) is 107 cm³/mol. The summed E-state index contributed by atoms with van der Waals surface area (Å²) in [4.78, 5) is 12.3. The van der Waals surface area contributed by atoms with Crippen molar-refractivity contribution in [3.63, 3.8) is 0 Å². The number of aliphatic hydroxyl groups is 1. The molecular formula is C22H21NO5. The van der Waals surface area contributed by atoms with E-state index in [1.807, 2.05) is 30.3 Å². The van der Waals surface area contributed by atoms with Gasteiger partial charge in [0, 0.05) is 11.6 Å². The van der Waals surface area contributed by atoms with Gasteiger partial charge >= 0.3 is 0 Å². The second-order valence-electron chi connectivity index (χ2n) is 5.93. The Labute approximate surface area is 163 Å². The van der Waals surface area contributed by atoms with Crippen LogP contribution in [0.1, 0.15) is 11.3 Å². The van der Waals surface area contributed by atoms with Crippen molar-refractivity contribution in [1.29, 1.82) is 0 Å². The number of aliphatic hydroxyl groups excluding tert-OH is 1. The van der Waals surface area contributed by atoms with Crippen molar-refractivity contribution in [1.82, 2.24) is 0 Å². The number of hydrogen-bond donors (Lipinski definition) is 2. The van der Waals surface area contributed by atoms with Gasteiger partial charge in [0.2, 0.25) is 5.91 Å². The summed E-state index contributed by atoms with van der Waals surface area (Å²) in [6, 6.07) is 16.2. The summed E-state index contributed by atoms with van der Waals surface area (Å²) in [5.41, 5.74) is 2.16. The Kier molecular flexibility index (Phi) is 6.14. The molecule has 0 aliphatic rings. The van der Waals surface area contributed by atoms with Gasteiger partial charge in [0.1, 0.15) is 29.6 Å². The SMILES string of the molecule is COc1ccc(/C=C/C(=O)Nc2cc(-c3ccc(CO)o3)ccc2OC)cc1. The highest BCUT2D eigenvalue weighted by molar-refractivity contribution is 6.03. The quantitative estimate of drug-likeness (QED) is 0.604. The maximum Gasteiger partial charge on any atom is 0.248 e.